The lowest BCUT2D eigenvalue weighted by Gasteiger charge is -2.29. The Balaban J connectivity index is 1.47. The highest BCUT2D eigenvalue weighted by molar-refractivity contribution is 6.32. The molecule has 3 aromatic carbocycles. The van der Waals surface area contributed by atoms with Crippen LogP contribution in [0.3, 0.4) is 0 Å². The fourth-order valence-electron chi connectivity index (χ4n) is 4.36. The summed E-state index contributed by atoms with van der Waals surface area (Å²) in [7, 11) is 3.00. The SMILES string of the molecule is COc1cc(NC(=O)C2=C(C)Nc3ncnn3[C@@H]2c2cccc(OCc3ccc(Cl)cc3)c2)c(OC)cc1Cl. The third-order valence-electron chi connectivity index (χ3n) is 6.25. The number of hydrogen-bond acceptors (Lipinski definition) is 7. The molecule has 0 saturated carbocycles. The molecule has 9 nitrogen and oxygen atoms in total. The number of methoxy groups -OCH3 is 2. The van der Waals surface area contributed by atoms with Crippen molar-refractivity contribution in [1.82, 2.24) is 14.8 Å². The average Bonchev–Trinajstić information content (AvgIpc) is 3.40. The number of benzene rings is 3. The number of allylic oxidation sites excluding steroid dienone is 1. The highest BCUT2D eigenvalue weighted by atomic mass is 35.5. The molecule has 0 radical (unpaired) electrons. The highest BCUT2D eigenvalue weighted by Crippen LogP contribution is 2.39. The minimum atomic E-state index is -0.581. The second-order valence-electron chi connectivity index (χ2n) is 8.72. The number of anilines is 2. The number of nitrogens with one attached hydrogen (secondary N) is 2. The number of aromatic nitrogens is 3. The number of nitrogens with zero attached hydrogens (tertiary/aromatic N) is 3. The molecule has 2 heterocycles. The van der Waals surface area contributed by atoms with Crippen LogP contribution in [-0.4, -0.2) is 34.9 Å². The first kappa shape index (κ1) is 26.4. The maximum atomic E-state index is 13.8. The van der Waals surface area contributed by atoms with Crippen molar-refractivity contribution in [2.45, 2.75) is 19.6 Å². The summed E-state index contributed by atoms with van der Waals surface area (Å²) in [5.74, 6) is 1.60. The molecule has 1 aliphatic rings. The number of ether oxygens (including phenoxy) is 3. The number of carbonyl (C=O) groups is 1. The molecule has 200 valence electrons. The lowest BCUT2D eigenvalue weighted by atomic mass is 9.94. The third kappa shape index (κ3) is 5.50. The number of halogens is 2. The smallest absolute Gasteiger partial charge is 0.255 e. The fourth-order valence-corrected chi connectivity index (χ4v) is 4.72. The molecule has 0 unspecified atom stereocenters. The molecule has 1 atom stereocenters. The maximum absolute atomic E-state index is 13.8. The quantitative estimate of drug-likeness (QED) is 0.266. The normalized spacial score (nSPS) is 14.3. The van der Waals surface area contributed by atoms with Gasteiger partial charge in [-0.05, 0) is 42.3 Å². The van der Waals surface area contributed by atoms with E-state index in [2.05, 4.69) is 20.7 Å². The summed E-state index contributed by atoms with van der Waals surface area (Å²) in [5, 5.41) is 11.6. The molecular weight excluding hydrogens is 541 g/mol. The van der Waals surface area contributed by atoms with Gasteiger partial charge in [0.15, 0.2) is 0 Å². The van der Waals surface area contributed by atoms with Gasteiger partial charge in [-0.1, -0.05) is 47.5 Å². The van der Waals surface area contributed by atoms with E-state index in [1.165, 1.54) is 20.5 Å². The van der Waals surface area contributed by atoms with Gasteiger partial charge in [-0.3, -0.25) is 4.79 Å². The molecule has 1 aliphatic heterocycles. The van der Waals surface area contributed by atoms with Crippen molar-refractivity contribution in [3.05, 3.63) is 99.4 Å². The summed E-state index contributed by atoms with van der Waals surface area (Å²) in [5.41, 5.74) is 3.26. The second-order valence-corrected chi connectivity index (χ2v) is 9.57. The topological polar surface area (TPSA) is 99.5 Å². The van der Waals surface area contributed by atoms with E-state index in [1.807, 2.05) is 55.5 Å². The Bertz CT molecular complexity index is 1550. The first-order valence-corrected chi connectivity index (χ1v) is 12.7. The Morgan fingerprint density at radius 2 is 1.82 bits per heavy atom. The predicted molar refractivity (Wildman–Crippen MR) is 150 cm³/mol. The Labute approximate surface area is 235 Å². The number of rotatable bonds is 8. The van der Waals surface area contributed by atoms with E-state index in [9.17, 15) is 4.79 Å². The predicted octanol–water partition coefficient (Wildman–Crippen LogP) is 6.11. The van der Waals surface area contributed by atoms with E-state index >= 15 is 0 Å². The van der Waals surface area contributed by atoms with E-state index in [-0.39, 0.29) is 5.91 Å². The van der Waals surface area contributed by atoms with Crippen molar-refractivity contribution in [2.75, 3.05) is 24.9 Å². The molecule has 5 rings (SSSR count). The first-order valence-electron chi connectivity index (χ1n) is 11.9. The minimum Gasteiger partial charge on any atom is -0.495 e. The zero-order valence-electron chi connectivity index (χ0n) is 21.4. The summed E-state index contributed by atoms with van der Waals surface area (Å²) in [6.07, 6.45) is 1.44. The second kappa shape index (κ2) is 11.3. The van der Waals surface area contributed by atoms with Gasteiger partial charge in [-0.25, -0.2) is 4.68 Å². The summed E-state index contributed by atoms with van der Waals surface area (Å²) in [4.78, 5) is 18.1. The molecule has 39 heavy (non-hydrogen) atoms. The lowest BCUT2D eigenvalue weighted by Crippen LogP contribution is -2.31. The molecule has 0 fully saturated rings. The van der Waals surface area contributed by atoms with Crippen LogP contribution in [0.25, 0.3) is 0 Å². The number of fused-ring (bicyclic) bond motifs is 1. The van der Waals surface area contributed by atoms with Crippen LogP contribution < -0.4 is 24.8 Å². The third-order valence-corrected chi connectivity index (χ3v) is 6.80. The van der Waals surface area contributed by atoms with Crippen LogP contribution in [0.4, 0.5) is 11.6 Å². The van der Waals surface area contributed by atoms with E-state index < -0.39 is 6.04 Å². The summed E-state index contributed by atoms with van der Waals surface area (Å²) in [6, 6.07) is 17.6. The van der Waals surface area contributed by atoms with Gasteiger partial charge >= 0.3 is 0 Å². The number of hydrogen-bond donors (Lipinski definition) is 2. The van der Waals surface area contributed by atoms with E-state index in [0.29, 0.717) is 56.8 Å². The van der Waals surface area contributed by atoms with Crippen molar-refractivity contribution < 1.29 is 19.0 Å². The first-order chi connectivity index (χ1) is 18.9. The maximum Gasteiger partial charge on any atom is 0.255 e. The molecule has 1 amide bonds. The van der Waals surface area contributed by atoms with Gasteiger partial charge in [-0.2, -0.15) is 10.1 Å². The van der Waals surface area contributed by atoms with Crippen LogP contribution in [0.15, 0.2) is 78.3 Å². The summed E-state index contributed by atoms with van der Waals surface area (Å²) in [6.45, 7) is 2.18. The van der Waals surface area contributed by atoms with Gasteiger partial charge in [0.2, 0.25) is 5.95 Å². The Morgan fingerprint density at radius 3 is 2.56 bits per heavy atom. The van der Waals surface area contributed by atoms with Gasteiger partial charge in [0.05, 0.1) is 30.5 Å². The molecule has 11 heteroatoms. The Hall–Kier alpha value is -4.21. The molecule has 0 aliphatic carbocycles. The van der Waals surface area contributed by atoms with Crippen LogP contribution in [0.2, 0.25) is 10.0 Å². The largest absolute Gasteiger partial charge is 0.495 e. The van der Waals surface area contributed by atoms with Crippen LogP contribution >= 0.6 is 23.2 Å². The van der Waals surface area contributed by atoms with Crippen LogP contribution in [-0.2, 0) is 11.4 Å². The monoisotopic (exact) mass is 565 g/mol. The Morgan fingerprint density at radius 1 is 1.05 bits per heavy atom. The van der Waals surface area contributed by atoms with E-state index in [0.717, 1.165) is 11.1 Å². The zero-order chi connectivity index (χ0) is 27.5. The van der Waals surface area contributed by atoms with Gasteiger partial charge in [0.25, 0.3) is 5.91 Å². The van der Waals surface area contributed by atoms with Crippen molar-refractivity contribution in [2.24, 2.45) is 0 Å². The number of amides is 1. The van der Waals surface area contributed by atoms with Crippen molar-refractivity contribution in [3.8, 4) is 17.2 Å². The molecule has 0 spiro atoms. The number of carbonyl (C=O) groups excluding carboxylic acids is 1. The molecule has 0 bridgehead atoms. The average molecular weight is 566 g/mol. The van der Waals surface area contributed by atoms with Crippen molar-refractivity contribution >= 4 is 40.7 Å². The van der Waals surface area contributed by atoms with Crippen molar-refractivity contribution in [3.63, 3.8) is 0 Å². The molecule has 1 aromatic heterocycles. The van der Waals surface area contributed by atoms with Crippen molar-refractivity contribution in [1.29, 1.82) is 0 Å². The van der Waals surface area contributed by atoms with Crippen LogP contribution in [0.1, 0.15) is 24.1 Å². The summed E-state index contributed by atoms with van der Waals surface area (Å²) < 4.78 is 18.5. The lowest BCUT2D eigenvalue weighted by molar-refractivity contribution is -0.113. The standard InChI is InChI=1S/C28H25Cl2N5O4/c1-16-25(27(36)34-22-13-23(37-2)21(30)12-24(22)38-3)26(35-28(33-16)31-15-32-35)18-5-4-6-20(11-18)39-14-17-7-9-19(29)10-8-17/h4-13,15,26H,14H2,1-3H3,(H,34,36)(H,31,32,33)/t26-/m1/s1. The van der Waals surface area contributed by atoms with Gasteiger partial charge < -0.3 is 24.8 Å². The van der Waals surface area contributed by atoms with E-state index in [4.69, 9.17) is 37.4 Å². The molecular formula is C28H25Cl2N5O4. The van der Waals surface area contributed by atoms with Gasteiger partial charge in [0, 0.05) is 22.9 Å². The summed E-state index contributed by atoms with van der Waals surface area (Å²) >= 11 is 12.2. The molecule has 0 saturated heterocycles. The highest BCUT2D eigenvalue weighted by Gasteiger charge is 2.34. The van der Waals surface area contributed by atoms with Crippen LogP contribution in [0, 0.1) is 0 Å². The Kier molecular flexibility index (Phi) is 7.63. The minimum absolute atomic E-state index is 0.360. The molecule has 4 aromatic rings. The fraction of sp³-hybridized carbons (Fsp3) is 0.179. The zero-order valence-corrected chi connectivity index (χ0v) is 22.9. The molecule has 2 N–H and O–H groups in total. The van der Waals surface area contributed by atoms with Gasteiger partial charge in [-0.15, -0.1) is 0 Å². The van der Waals surface area contributed by atoms with Gasteiger partial charge in [0.1, 0.15) is 36.2 Å². The van der Waals surface area contributed by atoms with Crippen LogP contribution in [0.5, 0.6) is 17.2 Å². The van der Waals surface area contributed by atoms with E-state index in [1.54, 1.807) is 16.8 Å².